The molecule has 1 aromatic carbocycles. The van der Waals surface area contributed by atoms with Crippen molar-refractivity contribution in [3.8, 4) is 0 Å². The fourth-order valence-electron chi connectivity index (χ4n) is 1.74. The van der Waals surface area contributed by atoms with Crippen molar-refractivity contribution in [2.45, 2.75) is 32.2 Å². The molecule has 0 fully saturated rings. The van der Waals surface area contributed by atoms with Gasteiger partial charge >= 0.3 is 0 Å². The van der Waals surface area contributed by atoms with Crippen molar-refractivity contribution in [2.24, 2.45) is 0 Å². The molecule has 0 amide bonds. The monoisotopic (exact) mass is 299 g/mol. The van der Waals surface area contributed by atoms with Gasteiger partial charge in [0.15, 0.2) is 0 Å². The highest BCUT2D eigenvalue weighted by atomic mass is 79.9. The largest absolute Gasteiger partial charge is 0.313 e. The van der Waals surface area contributed by atoms with E-state index in [0.717, 1.165) is 29.4 Å². The second-order valence-corrected chi connectivity index (χ2v) is 5.03. The first-order valence-electron chi connectivity index (χ1n) is 5.95. The third-order valence-corrected chi connectivity index (χ3v) is 3.11. The fourth-order valence-corrected chi connectivity index (χ4v) is 2.07. The Hall–Kier alpha value is -0.670. The topological polar surface area (TPSA) is 12.0 Å². The zero-order valence-electron chi connectivity index (χ0n) is 10.2. The van der Waals surface area contributed by atoms with E-state index in [9.17, 15) is 4.39 Å². The molecule has 0 heterocycles. The van der Waals surface area contributed by atoms with Crippen LogP contribution in [0, 0.1) is 5.82 Å². The molecule has 0 spiro atoms. The Balaban J connectivity index is 2.67. The minimum absolute atomic E-state index is 0.147. The van der Waals surface area contributed by atoms with Crippen LogP contribution in [-0.4, -0.2) is 12.6 Å². The molecule has 0 saturated heterocycles. The first-order valence-corrected chi connectivity index (χ1v) is 6.74. The number of halogens is 2. The zero-order chi connectivity index (χ0) is 12.7. The van der Waals surface area contributed by atoms with Gasteiger partial charge < -0.3 is 5.32 Å². The number of rotatable bonds is 7. The van der Waals surface area contributed by atoms with Crippen LogP contribution in [-0.2, 0) is 6.42 Å². The summed E-state index contributed by atoms with van der Waals surface area (Å²) in [6.07, 6.45) is 4.52. The minimum Gasteiger partial charge on any atom is -0.313 e. The average molecular weight is 300 g/mol. The maximum Gasteiger partial charge on any atom is 0.127 e. The predicted octanol–water partition coefficient (Wildman–Crippen LogP) is 4.08. The van der Waals surface area contributed by atoms with Gasteiger partial charge in [-0.2, -0.15) is 0 Å². The van der Waals surface area contributed by atoms with Gasteiger partial charge in [0.05, 0.1) is 0 Å². The smallest absolute Gasteiger partial charge is 0.127 e. The van der Waals surface area contributed by atoms with Gasteiger partial charge in [-0.1, -0.05) is 35.0 Å². The van der Waals surface area contributed by atoms with Crippen molar-refractivity contribution in [2.75, 3.05) is 6.54 Å². The van der Waals surface area contributed by atoms with Gasteiger partial charge in [0.25, 0.3) is 0 Å². The molecule has 3 heteroatoms. The number of hydrogen-bond donors (Lipinski definition) is 1. The quantitative estimate of drug-likeness (QED) is 0.748. The number of hydrogen-bond acceptors (Lipinski definition) is 1. The highest BCUT2D eigenvalue weighted by Crippen LogP contribution is 2.17. The molecule has 0 radical (unpaired) electrons. The van der Waals surface area contributed by atoms with Crippen LogP contribution < -0.4 is 5.32 Å². The molecular formula is C14H19BrFN. The van der Waals surface area contributed by atoms with Crippen molar-refractivity contribution in [3.63, 3.8) is 0 Å². The van der Waals surface area contributed by atoms with Crippen molar-refractivity contribution in [1.82, 2.24) is 5.32 Å². The van der Waals surface area contributed by atoms with Gasteiger partial charge in [-0.05, 0) is 43.5 Å². The van der Waals surface area contributed by atoms with E-state index in [1.165, 1.54) is 6.07 Å². The normalized spacial score (nSPS) is 12.4. The molecule has 1 N–H and O–H groups in total. The van der Waals surface area contributed by atoms with Gasteiger partial charge in [-0.3, -0.25) is 0 Å². The summed E-state index contributed by atoms with van der Waals surface area (Å²) in [6, 6.07) is 5.50. The van der Waals surface area contributed by atoms with Crippen molar-refractivity contribution in [1.29, 1.82) is 0 Å². The highest BCUT2D eigenvalue weighted by Gasteiger charge is 2.10. The summed E-state index contributed by atoms with van der Waals surface area (Å²) in [6.45, 7) is 6.82. The lowest BCUT2D eigenvalue weighted by Crippen LogP contribution is -2.31. The van der Waals surface area contributed by atoms with Crippen LogP contribution in [0.25, 0.3) is 0 Å². The van der Waals surface area contributed by atoms with Crippen LogP contribution in [0.1, 0.15) is 25.3 Å². The summed E-state index contributed by atoms with van der Waals surface area (Å²) in [5, 5.41) is 3.41. The third-order valence-electron chi connectivity index (χ3n) is 2.62. The van der Waals surface area contributed by atoms with E-state index < -0.39 is 0 Å². The molecule has 0 aliphatic heterocycles. The van der Waals surface area contributed by atoms with E-state index >= 15 is 0 Å². The molecule has 94 valence electrons. The first kappa shape index (κ1) is 14.4. The minimum atomic E-state index is -0.147. The molecule has 0 aromatic heterocycles. The predicted molar refractivity (Wildman–Crippen MR) is 74.7 cm³/mol. The first-order chi connectivity index (χ1) is 8.17. The Kier molecular flexibility index (Phi) is 6.45. The summed E-state index contributed by atoms with van der Waals surface area (Å²) in [5.41, 5.74) is 0.753. The van der Waals surface area contributed by atoms with Crippen LogP contribution in [0.15, 0.2) is 35.3 Å². The Morgan fingerprint density at radius 2 is 2.29 bits per heavy atom. The lowest BCUT2D eigenvalue weighted by atomic mass is 10.0. The van der Waals surface area contributed by atoms with Gasteiger partial charge in [0.1, 0.15) is 5.82 Å². The SMILES string of the molecule is C=CCC(Cc1ccc(Br)cc1F)NCCC. The van der Waals surface area contributed by atoms with Crippen LogP contribution >= 0.6 is 15.9 Å². The summed E-state index contributed by atoms with van der Waals surface area (Å²) in [7, 11) is 0. The third kappa shape index (κ3) is 5.00. The van der Waals surface area contributed by atoms with Gasteiger partial charge in [-0.15, -0.1) is 6.58 Å². The Bertz CT molecular complexity index is 365. The van der Waals surface area contributed by atoms with Crippen LogP contribution in [0.2, 0.25) is 0 Å². The summed E-state index contributed by atoms with van der Waals surface area (Å²) < 4.78 is 14.5. The summed E-state index contributed by atoms with van der Waals surface area (Å²) in [5.74, 6) is -0.147. The van der Waals surface area contributed by atoms with E-state index in [-0.39, 0.29) is 11.9 Å². The number of nitrogens with one attached hydrogen (secondary N) is 1. The zero-order valence-corrected chi connectivity index (χ0v) is 11.8. The molecule has 17 heavy (non-hydrogen) atoms. The van der Waals surface area contributed by atoms with E-state index in [0.29, 0.717) is 6.42 Å². The molecule has 1 atom stereocenters. The van der Waals surface area contributed by atoms with E-state index in [2.05, 4.69) is 34.7 Å². The Labute approximate surface area is 111 Å². The summed E-state index contributed by atoms with van der Waals surface area (Å²) >= 11 is 3.26. The lowest BCUT2D eigenvalue weighted by Gasteiger charge is -2.17. The maximum atomic E-state index is 13.7. The second kappa shape index (κ2) is 7.62. The fraction of sp³-hybridized carbons (Fsp3) is 0.429. The molecule has 1 unspecified atom stereocenters. The van der Waals surface area contributed by atoms with Crippen molar-refractivity contribution >= 4 is 15.9 Å². The second-order valence-electron chi connectivity index (χ2n) is 4.12. The van der Waals surface area contributed by atoms with E-state index in [1.807, 2.05) is 18.2 Å². The Morgan fingerprint density at radius 3 is 2.88 bits per heavy atom. The standard InChI is InChI=1S/C14H19BrFN/c1-3-5-13(17-8-4-2)9-11-6-7-12(15)10-14(11)16/h3,6-7,10,13,17H,1,4-5,8-9H2,2H3. The van der Waals surface area contributed by atoms with Crippen LogP contribution in [0.4, 0.5) is 4.39 Å². The molecule has 1 nitrogen and oxygen atoms in total. The molecule has 0 saturated carbocycles. The van der Waals surface area contributed by atoms with Crippen molar-refractivity contribution < 1.29 is 4.39 Å². The summed E-state index contributed by atoms with van der Waals surface area (Å²) in [4.78, 5) is 0. The average Bonchev–Trinajstić information content (AvgIpc) is 2.29. The number of benzene rings is 1. The van der Waals surface area contributed by atoms with Gasteiger partial charge in [-0.25, -0.2) is 4.39 Å². The molecule has 0 aliphatic carbocycles. The Morgan fingerprint density at radius 1 is 1.53 bits per heavy atom. The highest BCUT2D eigenvalue weighted by molar-refractivity contribution is 9.10. The molecule has 0 aliphatic rings. The van der Waals surface area contributed by atoms with E-state index in [1.54, 1.807) is 0 Å². The van der Waals surface area contributed by atoms with Crippen LogP contribution in [0.3, 0.4) is 0 Å². The molecule has 0 bridgehead atoms. The van der Waals surface area contributed by atoms with Crippen molar-refractivity contribution in [3.05, 3.63) is 46.7 Å². The van der Waals surface area contributed by atoms with Crippen LogP contribution in [0.5, 0.6) is 0 Å². The van der Waals surface area contributed by atoms with Gasteiger partial charge in [0.2, 0.25) is 0 Å². The maximum absolute atomic E-state index is 13.7. The molecule has 1 aromatic rings. The molecule has 1 rings (SSSR count). The van der Waals surface area contributed by atoms with Gasteiger partial charge in [0, 0.05) is 10.5 Å². The molecular weight excluding hydrogens is 281 g/mol. The lowest BCUT2D eigenvalue weighted by molar-refractivity contribution is 0.498. The van der Waals surface area contributed by atoms with E-state index in [4.69, 9.17) is 0 Å².